The molecule has 1 fully saturated rings. The van der Waals surface area contributed by atoms with Crippen molar-refractivity contribution in [2.75, 3.05) is 33.2 Å². The van der Waals surface area contributed by atoms with E-state index in [-0.39, 0.29) is 0 Å². The zero-order valence-electron chi connectivity index (χ0n) is 8.98. The van der Waals surface area contributed by atoms with Crippen LogP contribution in [0.3, 0.4) is 0 Å². The van der Waals surface area contributed by atoms with Crippen LogP contribution in [0.25, 0.3) is 0 Å². The molecule has 14 heavy (non-hydrogen) atoms. The Morgan fingerprint density at radius 2 is 1.93 bits per heavy atom. The monoisotopic (exact) mass is 194 g/mol. The first-order chi connectivity index (χ1) is 6.74. The van der Waals surface area contributed by atoms with Gasteiger partial charge in [0, 0.05) is 46.0 Å². The third kappa shape index (κ3) is 2.33. The average Bonchev–Trinajstić information content (AvgIpc) is 2.56. The summed E-state index contributed by atoms with van der Waals surface area (Å²) in [5.41, 5.74) is 1.18. The molecule has 2 rings (SSSR count). The molecule has 0 atom stereocenters. The summed E-state index contributed by atoms with van der Waals surface area (Å²) in [6.07, 6.45) is 2.01. The third-order valence-electron chi connectivity index (χ3n) is 2.75. The van der Waals surface area contributed by atoms with Crippen molar-refractivity contribution >= 4 is 0 Å². The van der Waals surface area contributed by atoms with E-state index in [9.17, 15) is 0 Å². The van der Waals surface area contributed by atoms with Crippen LogP contribution in [0.15, 0.2) is 12.3 Å². The molecule has 0 saturated carbocycles. The minimum Gasteiger partial charge on any atom is -0.304 e. The molecule has 0 spiro atoms. The normalized spacial score (nSPS) is 20.1. The van der Waals surface area contributed by atoms with Crippen molar-refractivity contribution in [1.29, 1.82) is 0 Å². The highest BCUT2D eigenvalue weighted by atomic mass is 15.3. The van der Waals surface area contributed by atoms with Crippen LogP contribution in [-0.4, -0.2) is 52.8 Å². The summed E-state index contributed by atoms with van der Waals surface area (Å²) in [5, 5.41) is 4.39. The highest BCUT2D eigenvalue weighted by Gasteiger charge is 2.14. The Labute approximate surface area is 85.1 Å². The third-order valence-corrected chi connectivity index (χ3v) is 2.75. The molecule has 0 radical (unpaired) electrons. The van der Waals surface area contributed by atoms with Gasteiger partial charge in [-0.3, -0.25) is 9.58 Å². The van der Waals surface area contributed by atoms with Crippen molar-refractivity contribution in [3.63, 3.8) is 0 Å². The number of aromatic nitrogens is 2. The molecule has 4 heteroatoms. The minimum absolute atomic E-state index is 0.995. The lowest BCUT2D eigenvalue weighted by Crippen LogP contribution is -2.43. The van der Waals surface area contributed by atoms with E-state index in [1.165, 1.54) is 18.8 Å². The van der Waals surface area contributed by atoms with E-state index in [0.29, 0.717) is 0 Å². The molecular weight excluding hydrogens is 176 g/mol. The highest BCUT2D eigenvalue weighted by Crippen LogP contribution is 2.05. The molecule has 1 aliphatic rings. The summed E-state index contributed by atoms with van der Waals surface area (Å²) in [5.74, 6) is 0. The molecule has 1 saturated heterocycles. The second-order valence-electron chi connectivity index (χ2n) is 4.06. The first kappa shape index (κ1) is 9.68. The van der Waals surface area contributed by atoms with Crippen LogP contribution in [0.5, 0.6) is 0 Å². The Balaban J connectivity index is 1.86. The van der Waals surface area contributed by atoms with Gasteiger partial charge in [0.1, 0.15) is 0 Å². The number of piperazine rings is 1. The number of hydrogen-bond acceptors (Lipinski definition) is 3. The Morgan fingerprint density at radius 3 is 2.50 bits per heavy atom. The van der Waals surface area contributed by atoms with E-state index in [2.05, 4.69) is 28.0 Å². The summed E-state index contributed by atoms with van der Waals surface area (Å²) in [7, 11) is 4.14. The smallest absolute Gasteiger partial charge is 0.0764 e. The van der Waals surface area contributed by atoms with Crippen molar-refractivity contribution in [2.45, 2.75) is 6.54 Å². The predicted molar refractivity (Wildman–Crippen MR) is 56.0 cm³/mol. The maximum absolute atomic E-state index is 4.39. The number of rotatable bonds is 2. The van der Waals surface area contributed by atoms with E-state index >= 15 is 0 Å². The molecule has 2 heterocycles. The van der Waals surface area contributed by atoms with Crippen LogP contribution in [0.2, 0.25) is 0 Å². The Hall–Kier alpha value is -0.870. The predicted octanol–water partition coefficient (Wildman–Crippen LogP) is 0.167. The molecule has 0 unspecified atom stereocenters. The molecular formula is C10H18N4. The Morgan fingerprint density at radius 1 is 1.21 bits per heavy atom. The molecule has 0 aromatic carbocycles. The molecule has 4 nitrogen and oxygen atoms in total. The molecule has 1 aromatic rings. The van der Waals surface area contributed by atoms with E-state index in [0.717, 1.165) is 19.6 Å². The van der Waals surface area contributed by atoms with E-state index in [4.69, 9.17) is 0 Å². The van der Waals surface area contributed by atoms with Gasteiger partial charge in [-0.25, -0.2) is 0 Å². The van der Waals surface area contributed by atoms with Gasteiger partial charge in [-0.05, 0) is 13.1 Å². The summed E-state index contributed by atoms with van der Waals surface area (Å²) >= 11 is 0. The maximum Gasteiger partial charge on any atom is 0.0764 e. The Bertz CT molecular complexity index is 286. The number of hydrogen-bond donors (Lipinski definition) is 0. The minimum atomic E-state index is 0.995. The van der Waals surface area contributed by atoms with E-state index in [1.54, 1.807) is 0 Å². The lowest BCUT2D eigenvalue weighted by atomic mass is 10.3. The summed E-state index contributed by atoms with van der Waals surface area (Å²) in [6, 6.07) is 2.10. The van der Waals surface area contributed by atoms with Crippen LogP contribution >= 0.6 is 0 Å². The van der Waals surface area contributed by atoms with Crippen LogP contribution in [0.4, 0.5) is 0 Å². The zero-order chi connectivity index (χ0) is 9.97. The summed E-state index contributed by atoms with van der Waals surface area (Å²) in [6.45, 7) is 5.66. The molecule has 78 valence electrons. The van der Waals surface area contributed by atoms with Gasteiger partial charge in [0.15, 0.2) is 0 Å². The van der Waals surface area contributed by atoms with Gasteiger partial charge in [-0.15, -0.1) is 0 Å². The SMILES string of the molecule is CN1CCN(Cc2ccn(C)n2)CC1. The zero-order valence-corrected chi connectivity index (χ0v) is 8.98. The number of likely N-dealkylation sites (N-methyl/N-ethyl adjacent to an activating group) is 1. The highest BCUT2D eigenvalue weighted by molar-refractivity contribution is 4.98. The second-order valence-corrected chi connectivity index (χ2v) is 4.06. The van der Waals surface area contributed by atoms with Crippen molar-refractivity contribution in [2.24, 2.45) is 7.05 Å². The second kappa shape index (κ2) is 4.11. The molecule has 1 aliphatic heterocycles. The largest absolute Gasteiger partial charge is 0.304 e. The van der Waals surface area contributed by atoms with Gasteiger partial charge >= 0.3 is 0 Å². The van der Waals surface area contributed by atoms with Crippen molar-refractivity contribution in [3.8, 4) is 0 Å². The average molecular weight is 194 g/mol. The molecule has 0 aliphatic carbocycles. The molecule has 0 amide bonds. The lowest BCUT2D eigenvalue weighted by Gasteiger charge is -2.31. The van der Waals surface area contributed by atoms with Crippen molar-refractivity contribution in [3.05, 3.63) is 18.0 Å². The van der Waals surface area contributed by atoms with Gasteiger partial charge in [0.25, 0.3) is 0 Å². The van der Waals surface area contributed by atoms with Crippen LogP contribution < -0.4 is 0 Å². The van der Waals surface area contributed by atoms with Crippen LogP contribution in [0, 0.1) is 0 Å². The first-order valence-electron chi connectivity index (χ1n) is 5.13. The van der Waals surface area contributed by atoms with Gasteiger partial charge in [-0.1, -0.05) is 0 Å². The van der Waals surface area contributed by atoms with Gasteiger partial charge < -0.3 is 4.90 Å². The fraction of sp³-hybridized carbons (Fsp3) is 0.700. The maximum atomic E-state index is 4.39. The quantitative estimate of drug-likeness (QED) is 0.670. The van der Waals surface area contributed by atoms with Crippen molar-refractivity contribution < 1.29 is 0 Å². The van der Waals surface area contributed by atoms with Gasteiger partial charge in [0.05, 0.1) is 5.69 Å². The number of nitrogens with zero attached hydrogens (tertiary/aromatic N) is 4. The van der Waals surface area contributed by atoms with Crippen LogP contribution in [0.1, 0.15) is 5.69 Å². The molecule has 0 bridgehead atoms. The first-order valence-corrected chi connectivity index (χ1v) is 5.13. The van der Waals surface area contributed by atoms with Crippen molar-refractivity contribution in [1.82, 2.24) is 19.6 Å². The van der Waals surface area contributed by atoms with E-state index in [1.807, 2.05) is 17.9 Å². The summed E-state index contributed by atoms with van der Waals surface area (Å²) < 4.78 is 1.87. The van der Waals surface area contributed by atoms with Crippen LogP contribution in [-0.2, 0) is 13.6 Å². The number of aryl methyl sites for hydroxylation is 1. The van der Waals surface area contributed by atoms with Gasteiger partial charge in [-0.2, -0.15) is 5.10 Å². The standard InChI is InChI=1S/C10H18N4/c1-12-5-7-14(8-6-12)9-10-3-4-13(2)11-10/h3-4H,5-9H2,1-2H3. The fourth-order valence-corrected chi connectivity index (χ4v) is 1.78. The van der Waals surface area contributed by atoms with E-state index < -0.39 is 0 Å². The fourth-order valence-electron chi connectivity index (χ4n) is 1.78. The summed E-state index contributed by atoms with van der Waals surface area (Å²) in [4.78, 5) is 4.83. The Kier molecular flexibility index (Phi) is 2.84. The topological polar surface area (TPSA) is 24.3 Å². The molecule has 0 N–H and O–H groups in total. The molecule has 1 aromatic heterocycles. The van der Waals surface area contributed by atoms with Gasteiger partial charge in [0.2, 0.25) is 0 Å². The lowest BCUT2D eigenvalue weighted by molar-refractivity contribution is 0.146.